The SMILES string of the molecule is N#Cc1ccc(C(O)C(O)CCNC(=O)OCc2ccccc2)cc1OCc1ccccc1. The third-order valence-corrected chi connectivity index (χ3v) is 4.99. The highest BCUT2D eigenvalue weighted by Gasteiger charge is 2.20. The van der Waals surface area contributed by atoms with Gasteiger partial charge in [-0.25, -0.2) is 4.79 Å². The van der Waals surface area contributed by atoms with Crippen molar-refractivity contribution in [3.63, 3.8) is 0 Å². The van der Waals surface area contributed by atoms with Crippen molar-refractivity contribution in [1.29, 1.82) is 5.26 Å². The Morgan fingerprint density at radius 3 is 2.21 bits per heavy atom. The van der Waals surface area contributed by atoms with Crippen LogP contribution in [-0.4, -0.2) is 29.0 Å². The largest absolute Gasteiger partial charge is 0.488 e. The second-order valence-electron chi connectivity index (χ2n) is 7.43. The molecule has 2 unspecified atom stereocenters. The van der Waals surface area contributed by atoms with E-state index in [1.165, 1.54) is 0 Å². The summed E-state index contributed by atoms with van der Waals surface area (Å²) in [7, 11) is 0. The standard InChI is InChI=1S/C26H26N2O5/c27-16-22-12-11-21(15-24(22)32-17-19-7-3-1-4-8-19)25(30)23(29)13-14-28-26(31)33-18-20-9-5-2-6-10-20/h1-12,15,23,25,29-30H,13-14,17-18H2,(H,28,31). The maximum Gasteiger partial charge on any atom is 0.407 e. The number of benzene rings is 3. The first-order valence-electron chi connectivity index (χ1n) is 10.6. The number of carbonyl (C=O) groups is 1. The van der Waals surface area contributed by atoms with Crippen molar-refractivity contribution < 1.29 is 24.5 Å². The van der Waals surface area contributed by atoms with E-state index in [2.05, 4.69) is 11.4 Å². The predicted molar refractivity (Wildman–Crippen MR) is 122 cm³/mol. The summed E-state index contributed by atoms with van der Waals surface area (Å²) in [6.45, 7) is 0.543. The number of hydrogen-bond donors (Lipinski definition) is 3. The Balaban J connectivity index is 1.50. The van der Waals surface area contributed by atoms with Crippen LogP contribution in [0.1, 0.15) is 34.8 Å². The van der Waals surface area contributed by atoms with Crippen molar-refractivity contribution in [3.8, 4) is 11.8 Å². The molecule has 3 rings (SSSR count). The van der Waals surface area contributed by atoms with E-state index in [-0.39, 0.29) is 26.2 Å². The van der Waals surface area contributed by atoms with Crippen LogP contribution in [0.25, 0.3) is 0 Å². The third-order valence-electron chi connectivity index (χ3n) is 4.99. The summed E-state index contributed by atoms with van der Waals surface area (Å²) in [5.41, 5.74) is 2.56. The zero-order chi connectivity index (χ0) is 23.5. The molecule has 3 N–H and O–H groups in total. The summed E-state index contributed by atoms with van der Waals surface area (Å²) in [4.78, 5) is 11.8. The van der Waals surface area contributed by atoms with Gasteiger partial charge in [0.1, 0.15) is 31.1 Å². The molecule has 0 fully saturated rings. The summed E-state index contributed by atoms with van der Waals surface area (Å²) in [5.74, 6) is 0.327. The van der Waals surface area contributed by atoms with Gasteiger partial charge in [-0.3, -0.25) is 0 Å². The third kappa shape index (κ3) is 7.35. The molecule has 0 aliphatic carbocycles. The van der Waals surface area contributed by atoms with Crippen molar-refractivity contribution in [2.45, 2.75) is 31.8 Å². The Hall–Kier alpha value is -3.86. The molecule has 3 aromatic rings. The summed E-state index contributed by atoms with van der Waals surface area (Å²) in [5, 5.41) is 32.8. The summed E-state index contributed by atoms with van der Waals surface area (Å²) >= 11 is 0. The van der Waals surface area contributed by atoms with Crippen LogP contribution in [0.4, 0.5) is 4.79 Å². The van der Waals surface area contributed by atoms with E-state index in [9.17, 15) is 20.3 Å². The van der Waals surface area contributed by atoms with Crippen LogP contribution in [0.3, 0.4) is 0 Å². The van der Waals surface area contributed by atoms with Crippen molar-refractivity contribution in [2.75, 3.05) is 6.54 Å². The second kappa shape index (κ2) is 12.2. The van der Waals surface area contributed by atoms with E-state index in [0.29, 0.717) is 16.9 Å². The number of hydrogen-bond acceptors (Lipinski definition) is 6. The first kappa shape index (κ1) is 23.8. The maximum atomic E-state index is 11.8. The van der Waals surface area contributed by atoms with E-state index in [0.717, 1.165) is 11.1 Å². The molecule has 0 radical (unpaired) electrons. The number of alkyl carbamates (subject to hydrolysis) is 1. The van der Waals surface area contributed by atoms with Gasteiger partial charge in [0.2, 0.25) is 0 Å². The van der Waals surface area contributed by atoms with Crippen LogP contribution >= 0.6 is 0 Å². The minimum absolute atomic E-state index is 0.113. The Kier molecular flexibility index (Phi) is 8.83. The van der Waals surface area contributed by atoms with E-state index >= 15 is 0 Å². The van der Waals surface area contributed by atoms with Crippen LogP contribution in [0.5, 0.6) is 5.75 Å². The molecule has 7 nitrogen and oxygen atoms in total. The molecular formula is C26H26N2O5. The first-order valence-corrected chi connectivity index (χ1v) is 10.6. The number of aliphatic hydroxyl groups excluding tert-OH is 2. The summed E-state index contributed by atoms with van der Waals surface area (Å²) in [6, 6.07) is 25.5. The molecule has 3 aromatic carbocycles. The number of amides is 1. The molecule has 170 valence electrons. The molecule has 7 heteroatoms. The molecule has 0 aromatic heterocycles. The smallest absolute Gasteiger partial charge is 0.407 e. The predicted octanol–water partition coefficient (Wildman–Crippen LogP) is 3.85. The molecule has 1 amide bonds. The van der Waals surface area contributed by atoms with E-state index in [4.69, 9.17) is 9.47 Å². The number of nitrogens with one attached hydrogen (secondary N) is 1. The van der Waals surface area contributed by atoms with Gasteiger partial charge in [-0.2, -0.15) is 5.26 Å². The van der Waals surface area contributed by atoms with Crippen molar-refractivity contribution in [1.82, 2.24) is 5.32 Å². The van der Waals surface area contributed by atoms with Gasteiger partial charge in [-0.15, -0.1) is 0 Å². The highest BCUT2D eigenvalue weighted by Crippen LogP contribution is 2.27. The number of ether oxygens (including phenoxy) is 2. The minimum Gasteiger partial charge on any atom is -0.488 e. The molecule has 2 atom stereocenters. The monoisotopic (exact) mass is 446 g/mol. The molecule has 0 saturated heterocycles. The maximum absolute atomic E-state index is 11.8. The van der Waals surface area contributed by atoms with Crippen LogP contribution < -0.4 is 10.1 Å². The molecule has 0 spiro atoms. The molecule has 0 heterocycles. The van der Waals surface area contributed by atoms with E-state index in [1.54, 1.807) is 18.2 Å². The van der Waals surface area contributed by atoms with E-state index in [1.807, 2.05) is 60.7 Å². The lowest BCUT2D eigenvalue weighted by Crippen LogP contribution is -2.29. The zero-order valence-electron chi connectivity index (χ0n) is 18.1. The highest BCUT2D eigenvalue weighted by molar-refractivity contribution is 5.67. The Labute approximate surface area is 192 Å². The van der Waals surface area contributed by atoms with Gasteiger partial charge in [-0.1, -0.05) is 66.7 Å². The second-order valence-corrected chi connectivity index (χ2v) is 7.43. The fourth-order valence-electron chi connectivity index (χ4n) is 3.15. The van der Waals surface area contributed by atoms with Gasteiger partial charge in [0.25, 0.3) is 0 Å². The molecule has 0 bridgehead atoms. The zero-order valence-corrected chi connectivity index (χ0v) is 18.1. The molecular weight excluding hydrogens is 420 g/mol. The van der Waals surface area contributed by atoms with Gasteiger partial charge in [-0.05, 0) is 35.2 Å². The lowest BCUT2D eigenvalue weighted by atomic mass is 10.0. The van der Waals surface area contributed by atoms with Gasteiger partial charge < -0.3 is 25.0 Å². The van der Waals surface area contributed by atoms with Crippen LogP contribution in [0, 0.1) is 11.3 Å². The normalized spacial score (nSPS) is 12.3. The minimum atomic E-state index is -1.21. The van der Waals surface area contributed by atoms with Crippen molar-refractivity contribution >= 4 is 6.09 Å². The van der Waals surface area contributed by atoms with Crippen LogP contribution in [0.15, 0.2) is 78.9 Å². The van der Waals surface area contributed by atoms with Crippen LogP contribution in [-0.2, 0) is 18.0 Å². The summed E-state index contributed by atoms with van der Waals surface area (Å²) < 4.78 is 10.9. The number of nitrogens with zero attached hydrogens (tertiary/aromatic N) is 1. The van der Waals surface area contributed by atoms with Gasteiger partial charge in [0.15, 0.2) is 0 Å². The number of carbonyl (C=O) groups excluding carboxylic acids is 1. The van der Waals surface area contributed by atoms with E-state index < -0.39 is 18.3 Å². The highest BCUT2D eigenvalue weighted by atomic mass is 16.5. The molecule has 0 aliphatic heterocycles. The number of rotatable bonds is 10. The lowest BCUT2D eigenvalue weighted by Gasteiger charge is -2.19. The van der Waals surface area contributed by atoms with Gasteiger partial charge >= 0.3 is 6.09 Å². The first-order chi connectivity index (χ1) is 16.1. The fourth-order valence-corrected chi connectivity index (χ4v) is 3.15. The Morgan fingerprint density at radius 1 is 0.939 bits per heavy atom. The van der Waals surface area contributed by atoms with Crippen molar-refractivity contribution in [2.24, 2.45) is 0 Å². The van der Waals surface area contributed by atoms with Crippen LogP contribution in [0.2, 0.25) is 0 Å². The average Bonchev–Trinajstić information content (AvgIpc) is 2.86. The van der Waals surface area contributed by atoms with Crippen molar-refractivity contribution in [3.05, 3.63) is 101 Å². The Morgan fingerprint density at radius 2 is 1.58 bits per heavy atom. The fraction of sp³-hybridized carbons (Fsp3) is 0.231. The number of aliphatic hydroxyl groups is 2. The number of nitriles is 1. The average molecular weight is 447 g/mol. The quantitative estimate of drug-likeness (QED) is 0.436. The van der Waals surface area contributed by atoms with Gasteiger partial charge in [0, 0.05) is 6.54 Å². The summed E-state index contributed by atoms with van der Waals surface area (Å²) in [6.07, 6.45) is -2.83. The molecule has 33 heavy (non-hydrogen) atoms. The molecule has 0 saturated carbocycles. The topological polar surface area (TPSA) is 112 Å². The Bertz CT molecular complexity index is 1070. The molecule has 0 aliphatic rings. The lowest BCUT2D eigenvalue weighted by molar-refractivity contribution is 0.0135. The van der Waals surface area contributed by atoms with Gasteiger partial charge in [0.05, 0.1) is 11.7 Å².